The van der Waals surface area contributed by atoms with Gasteiger partial charge in [-0.1, -0.05) is 13.8 Å². The molecule has 0 saturated heterocycles. The van der Waals surface area contributed by atoms with Crippen LogP contribution in [0.15, 0.2) is 0 Å². The van der Waals surface area contributed by atoms with Crippen LogP contribution in [0.1, 0.15) is 20.3 Å². The molecule has 0 saturated carbocycles. The van der Waals surface area contributed by atoms with E-state index in [0.717, 1.165) is 39.3 Å². The average Bonchev–Trinajstić information content (AvgIpc) is 2.13. The number of rotatable bonds is 9. The Morgan fingerprint density at radius 2 is 2.07 bits per heavy atom. The van der Waals surface area contributed by atoms with Gasteiger partial charge in [-0.05, 0) is 46.1 Å². The Hall–Kier alpha value is -0.120. The van der Waals surface area contributed by atoms with Gasteiger partial charge in [-0.3, -0.25) is 0 Å². The van der Waals surface area contributed by atoms with Crippen LogP contribution in [-0.4, -0.2) is 51.8 Å². The van der Waals surface area contributed by atoms with Crippen LogP contribution in [0.5, 0.6) is 0 Å². The van der Waals surface area contributed by atoms with Gasteiger partial charge in [-0.25, -0.2) is 0 Å². The third-order valence-electron chi connectivity index (χ3n) is 2.04. The van der Waals surface area contributed by atoms with E-state index in [2.05, 4.69) is 38.2 Å². The molecule has 3 heteroatoms. The van der Waals surface area contributed by atoms with E-state index in [1.54, 1.807) is 0 Å². The fourth-order valence-corrected chi connectivity index (χ4v) is 1.22. The van der Waals surface area contributed by atoms with Gasteiger partial charge in [0.1, 0.15) is 0 Å². The highest BCUT2D eigenvalue weighted by Gasteiger charge is 2.00. The Labute approximate surface area is 88.8 Å². The lowest BCUT2D eigenvalue weighted by atomic mass is 10.2. The van der Waals surface area contributed by atoms with Crippen molar-refractivity contribution in [3.05, 3.63) is 0 Å². The van der Waals surface area contributed by atoms with Gasteiger partial charge in [0.2, 0.25) is 0 Å². The maximum atomic E-state index is 5.58. The predicted molar refractivity (Wildman–Crippen MR) is 61.7 cm³/mol. The van der Waals surface area contributed by atoms with E-state index in [4.69, 9.17) is 4.74 Å². The normalized spacial score (nSPS) is 13.5. The molecule has 0 bridgehead atoms. The molecule has 0 radical (unpaired) electrons. The van der Waals surface area contributed by atoms with Crippen molar-refractivity contribution in [3.8, 4) is 0 Å². The summed E-state index contributed by atoms with van der Waals surface area (Å²) < 4.78 is 5.58. The van der Waals surface area contributed by atoms with Gasteiger partial charge in [0, 0.05) is 6.61 Å². The van der Waals surface area contributed by atoms with Crippen molar-refractivity contribution in [2.24, 2.45) is 5.92 Å². The molecule has 0 aliphatic carbocycles. The molecule has 3 nitrogen and oxygen atoms in total. The van der Waals surface area contributed by atoms with Crippen LogP contribution in [0.2, 0.25) is 0 Å². The fraction of sp³-hybridized carbons (Fsp3) is 1.00. The summed E-state index contributed by atoms with van der Waals surface area (Å²) in [6.45, 7) is 9.32. The Morgan fingerprint density at radius 1 is 1.36 bits per heavy atom. The van der Waals surface area contributed by atoms with E-state index >= 15 is 0 Å². The Morgan fingerprint density at radius 3 is 2.64 bits per heavy atom. The second kappa shape index (κ2) is 9.44. The largest absolute Gasteiger partial charge is 0.381 e. The van der Waals surface area contributed by atoms with E-state index in [1.807, 2.05) is 0 Å². The van der Waals surface area contributed by atoms with Gasteiger partial charge in [-0.15, -0.1) is 0 Å². The van der Waals surface area contributed by atoms with E-state index in [0.29, 0.717) is 5.92 Å². The van der Waals surface area contributed by atoms with Crippen molar-refractivity contribution in [3.63, 3.8) is 0 Å². The summed E-state index contributed by atoms with van der Waals surface area (Å²) in [6.07, 6.45) is 1.13. The highest BCUT2D eigenvalue weighted by molar-refractivity contribution is 4.54. The average molecular weight is 202 g/mol. The highest BCUT2D eigenvalue weighted by atomic mass is 16.5. The number of nitrogens with one attached hydrogen (secondary N) is 1. The Balaban J connectivity index is 3.10. The third kappa shape index (κ3) is 9.96. The first-order valence-corrected chi connectivity index (χ1v) is 5.60. The van der Waals surface area contributed by atoms with Crippen LogP contribution in [-0.2, 0) is 4.74 Å². The van der Waals surface area contributed by atoms with Crippen molar-refractivity contribution in [2.75, 3.05) is 46.9 Å². The van der Waals surface area contributed by atoms with Crippen LogP contribution in [0.25, 0.3) is 0 Å². The zero-order valence-corrected chi connectivity index (χ0v) is 10.2. The minimum atomic E-state index is 0.620. The molecule has 0 aliphatic heterocycles. The molecule has 0 spiro atoms. The SMILES string of the molecule is CCNCC(C)COCCCN(C)C. The quantitative estimate of drug-likeness (QED) is 0.569. The molecule has 0 fully saturated rings. The maximum absolute atomic E-state index is 5.58. The van der Waals surface area contributed by atoms with Crippen LogP contribution >= 0.6 is 0 Å². The molecule has 1 atom stereocenters. The predicted octanol–water partition coefficient (Wildman–Crippen LogP) is 1.20. The fourth-order valence-electron chi connectivity index (χ4n) is 1.22. The lowest BCUT2D eigenvalue weighted by Gasteiger charge is -2.13. The summed E-state index contributed by atoms with van der Waals surface area (Å²) in [4.78, 5) is 2.19. The molecule has 0 rings (SSSR count). The van der Waals surface area contributed by atoms with E-state index < -0.39 is 0 Å². The first-order chi connectivity index (χ1) is 6.66. The third-order valence-corrected chi connectivity index (χ3v) is 2.04. The molecule has 1 unspecified atom stereocenters. The van der Waals surface area contributed by atoms with Crippen molar-refractivity contribution >= 4 is 0 Å². The van der Waals surface area contributed by atoms with Crippen molar-refractivity contribution < 1.29 is 4.74 Å². The van der Waals surface area contributed by atoms with Gasteiger partial charge >= 0.3 is 0 Å². The second-order valence-corrected chi connectivity index (χ2v) is 4.14. The van der Waals surface area contributed by atoms with Crippen LogP contribution in [0.3, 0.4) is 0 Å². The summed E-state index contributed by atoms with van der Waals surface area (Å²) in [5.41, 5.74) is 0. The topological polar surface area (TPSA) is 24.5 Å². The lowest BCUT2D eigenvalue weighted by molar-refractivity contribution is 0.0982. The molecule has 0 aromatic rings. The Kier molecular flexibility index (Phi) is 9.35. The van der Waals surface area contributed by atoms with Crippen LogP contribution in [0, 0.1) is 5.92 Å². The molecule has 0 heterocycles. The van der Waals surface area contributed by atoms with Crippen LogP contribution in [0.4, 0.5) is 0 Å². The Bertz CT molecular complexity index is 118. The molecular weight excluding hydrogens is 176 g/mol. The molecule has 14 heavy (non-hydrogen) atoms. The maximum Gasteiger partial charge on any atom is 0.0503 e. The number of ether oxygens (including phenoxy) is 1. The summed E-state index contributed by atoms with van der Waals surface area (Å²) in [6, 6.07) is 0. The summed E-state index contributed by atoms with van der Waals surface area (Å²) >= 11 is 0. The molecule has 0 aromatic heterocycles. The van der Waals surface area contributed by atoms with Crippen molar-refractivity contribution in [1.29, 1.82) is 0 Å². The molecule has 0 amide bonds. The first kappa shape index (κ1) is 13.9. The molecule has 1 N–H and O–H groups in total. The van der Waals surface area contributed by atoms with Crippen LogP contribution < -0.4 is 5.32 Å². The summed E-state index contributed by atoms with van der Waals surface area (Å²) in [7, 11) is 4.18. The molecule has 0 aromatic carbocycles. The van der Waals surface area contributed by atoms with Gasteiger partial charge < -0.3 is 15.0 Å². The van der Waals surface area contributed by atoms with Gasteiger partial charge in [0.25, 0.3) is 0 Å². The zero-order valence-electron chi connectivity index (χ0n) is 10.2. The molecular formula is C11H26N2O. The number of hydrogen-bond donors (Lipinski definition) is 1. The van der Waals surface area contributed by atoms with E-state index in [1.165, 1.54) is 0 Å². The molecule has 86 valence electrons. The van der Waals surface area contributed by atoms with Crippen molar-refractivity contribution in [2.45, 2.75) is 20.3 Å². The smallest absolute Gasteiger partial charge is 0.0503 e. The number of nitrogens with zero attached hydrogens (tertiary/aromatic N) is 1. The van der Waals surface area contributed by atoms with Gasteiger partial charge in [-0.2, -0.15) is 0 Å². The monoisotopic (exact) mass is 202 g/mol. The van der Waals surface area contributed by atoms with E-state index in [-0.39, 0.29) is 0 Å². The van der Waals surface area contributed by atoms with Gasteiger partial charge in [0.15, 0.2) is 0 Å². The minimum Gasteiger partial charge on any atom is -0.381 e. The lowest BCUT2D eigenvalue weighted by Crippen LogP contribution is -2.24. The van der Waals surface area contributed by atoms with Crippen molar-refractivity contribution in [1.82, 2.24) is 10.2 Å². The minimum absolute atomic E-state index is 0.620. The standard InChI is InChI=1S/C11H26N2O/c1-5-12-9-11(2)10-14-8-6-7-13(3)4/h11-12H,5-10H2,1-4H3. The summed E-state index contributed by atoms with van der Waals surface area (Å²) in [5, 5.41) is 3.32. The zero-order chi connectivity index (χ0) is 10.8. The van der Waals surface area contributed by atoms with E-state index in [9.17, 15) is 0 Å². The second-order valence-electron chi connectivity index (χ2n) is 4.14. The summed E-state index contributed by atoms with van der Waals surface area (Å²) in [5.74, 6) is 0.620. The number of hydrogen-bond acceptors (Lipinski definition) is 3. The first-order valence-electron chi connectivity index (χ1n) is 5.60. The molecule has 0 aliphatic rings. The van der Waals surface area contributed by atoms with Gasteiger partial charge in [0.05, 0.1) is 6.61 Å². The highest BCUT2D eigenvalue weighted by Crippen LogP contribution is 1.95.